The number of para-hydroxylation sites is 1. The molecule has 0 radical (unpaired) electrons. The van der Waals surface area contributed by atoms with Gasteiger partial charge in [0.1, 0.15) is 5.82 Å². The van der Waals surface area contributed by atoms with Crippen molar-refractivity contribution in [3.05, 3.63) is 83.9 Å². The number of rotatable bonds is 6. The molecule has 0 spiro atoms. The summed E-state index contributed by atoms with van der Waals surface area (Å²) in [5, 5.41) is 3.26. The van der Waals surface area contributed by atoms with Gasteiger partial charge in [-0.05, 0) is 69.7 Å². The van der Waals surface area contributed by atoms with Crippen LogP contribution < -0.4 is 10.2 Å². The second kappa shape index (κ2) is 10.4. The molecule has 8 nitrogen and oxygen atoms in total. The molecule has 2 aromatic heterocycles. The fourth-order valence-electron chi connectivity index (χ4n) is 4.93. The number of hydrogen-bond donors (Lipinski definition) is 1. The lowest BCUT2D eigenvalue weighted by Crippen LogP contribution is -2.49. The highest BCUT2D eigenvalue weighted by Gasteiger charge is 2.23. The number of hydrogen-bond acceptors (Lipinski definition) is 6. The van der Waals surface area contributed by atoms with Gasteiger partial charge in [-0.25, -0.2) is 15.0 Å². The summed E-state index contributed by atoms with van der Waals surface area (Å²) in [6, 6.07) is 18.1. The summed E-state index contributed by atoms with van der Waals surface area (Å²) in [6.45, 7) is 11.5. The van der Waals surface area contributed by atoms with Crippen LogP contribution in [0.5, 0.6) is 0 Å². The topological polar surface area (TPSA) is 79.2 Å². The number of amides is 1. The summed E-state index contributed by atoms with van der Waals surface area (Å²) in [5.41, 5.74) is 5.79. The van der Waals surface area contributed by atoms with Gasteiger partial charge in [0.25, 0.3) is 5.91 Å². The first kappa shape index (κ1) is 24.5. The van der Waals surface area contributed by atoms with Crippen LogP contribution >= 0.6 is 0 Å². The Morgan fingerprint density at radius 2 is 1.65 bits per heavy atom. The molecule has 8 heteroatoms. The molecule has 0 bridgehead atoms. The third-order valence-electron chi connectivity index (χ3n) is 6.83. The van der Waals surface area contributed by atoms with Crippen molar-refractivity contribution in [3.63, 3.8) is 0 Å². The minimum Gasteiger partial charge on any atom is -0.368 e. The van der Waals surface area contributed by atoms with E-state index in [0.717, 1.165) is 36.0 Å². The average molecular weight is 496 g/mol. The summed E-state index contributed by atoms with van der Waals surface area (Å²) in [6.07, 6.45) is 3.59. The maximum atomic E-state index is 13.1. The van der Waals surface area contributed by atoms with Gasteiger partial charge in [0.05, 0.1) is 17.6 Å². The van der Waals surface area contributed by atoms with Crippen LogP contribution in [0.3, 0.4) is 0 Å². The number of aromatic nitrogens is 4. The van der Waals surface area contributed by atoms with Gasteiger partial charge in [-0.15, -0.1) is 0 Å². The van der Waals surface area contributed by atoms with Gasteiger partial charge in [-0.3, -0.25) is 4.79 Å². The number of nitrogens with zero attached hydrogens (tertiary/aromatic N) is 6. The SMILES string of the molecule is Cc1ccccc1N1CCN(C(=O)c2ccc(Nc3nccc(-c4cnc(C)n4C(C)C)n3)cc2)CC1. The van der Waals surface area contributed by atoms with Crippen molar-refractivity contribution in [2.24, 2.45) is 0 Å². The Kier molecular flexibility index (Phi) is 6.90. The Hall–Kier alpha value is -4.20. The average Bonchev–Trinajstić information content (AvgIpc) is 3.31. The molecule has 4 aromatic rings. The molecule has 5 rings (SSSR count). The van der Waals surface area contributed by atoms with Crippen molar-refractivity contribution in [1.82, 2.24) is 24.4 Å². The first-order chi connectivity index (χ1) is 17.9. The molecule has 2 aromatic carbocycles. The van der Waals surface area contributed by atoms with Crippen molar-refractivity contribution in [2.45, 2.75) is 33.7 Å². The fraction of sp³-hybridized carbons (Fsp3) is 0.310. The zero-order valence-corrected chi connectivity index (χ0v) is 21.8. The lowest BCUT2D eigenvalue weighted by atomic mass is 10.1. The predicted octanol–water partition coefficient (Wildman–Crippen LogP) is 5.24. The van der Waals surface area contributed by atoms with E-state index in [2.05, 4.69) is 69.8 Å². The molecule has 37 heavy (non-hydrogen) atoms. The number of anilines is 3. The van der Waals surface area contributed by atoms with E-state index in [1.54, 1.807) is 6.20 Å². The van der Waals surface area contributed by atoms with Crippen LogP contribution in [-0.4, -0.2) is 56.5 Å². The summed E-state index contributed by atoms with van der Waals surface area (Å²) in [7, 11) is 0. The largest absolute Gasteiger partial charge is 0.368 e. The molecule has 3 heterocycles. The number of aryl methyl sites for hydroxylation is 2. The lowest BCUT2D eigenvalue weighted by Gasteiger charge is -2.36. The second-order valence-electron chi connectivity index (χ2n) is 9.69. The van der Waals surface area contributed by atoms with Gasteiger partial charge in [0, 0.05) is 55.4 Å². The van der Waals surface area contributed by atoms with E-state index in [1.165, 1.54) is 11.3 Å². The smallest absolute Gasteiger partial charge is 0.253 e. The highest BCUT2D eigenvalue weighted by Crippen LogP contribution is 2.25. The molecular formula is C29H33N7O. The number of imidazole rings is 1. The van der Waals surface area contributed by atoms with E-state index in [9.17, 15) is 4.79 Å². The summed E-state index contributed by atoms with van der Waals surface area (Å²) >= 11 is 0. The maximum Gasteiger partial charge on any atom is 0.253 e. The van der Waals surface area contributed by atoms with E-state index in [4.69, 9.17) is 4.98 Å². The van der Waals surface area contributed by atoms with Gasteiger partial charge in [0.15, 0.2) is 0 Å². The summed E-state index contributed by atoms with van der Waals surface area (Å²) < 4.78 is 2.16. The van der Waals surface area contributed by atoms with E-state index in [-0.39, 0.29) is 11.9 Å². The third kappa shape index (κ3) is 5.18. The quantitative estimate of drug-likeness (QED) is 0.394. The molecule has 0 atom stereocenters. The normalized spacial score (nSPS) is 13.8. The highest BCUT2D eigenvalue weighted by molar-refractivity contribution is 5.94. The van der Waals surface area contributed by atoms with Crippen molar-refractivity contribution >= 4 is 23.2 Å². The number of carbonyl (C=O) groups is 1. The molecule has 0 unspecified atom stereocenters. The van der Waals surface area contributed by atoms with Crippen LogP contribution in [-0.2, 0) is 0 Å². The molecule has 0 saturated carbocycles. The number of nitrogens with one attached hydrogen (secondary N) is 1. The van der Waals surface area contributed by atoms with Crippen LogP contribution in [0.2, 0.25) is 0 Å². The zero-order chi connectivity index (χ0) is 25.9. The van der Waals surface area contributed by atoms with Crippen molar-refractivity contribution in [2.75, 3.05) is 36.4 Å². The zero-order valence-electron chi connectivity index (χ0n) is 21.8. The van der Waals surface area contributed by atoms with Gasteiger partial charge < -0.3 is 19.7 Å². The molecule has 1 aliphatic rings. The second-order valence-corrected chi connectivity index (χ2v) is 9.69. The van der Waals surface area contributed by atoms with Gasteiger partial charge in [0.2, 0.25) is 5.95 Å². The van der Waals surface area contributed by atoms with E-state index < -0.39 is 0 Å². The standard InChI is InChI=1S/C29H33N7O/c1-20(2)36-22(4)31-19-27(36)25-13-14-30-29(33-25)32-24-11-9-23(10-12-24)28(37)35-17-15-34(16-18-35)26-8-6-5-7-21(26)3/h5-14,19-20H,15-18H2,1-4H3,(H,30,32,33). The van der Waals surface area contributed by atoms with Crippen LogP contribution in [0.4, 0.5) is 17.3 Å². The molecular weight excluding hydrogens is 462 g/mol. The van der Waals surface area contributed by atoms with Crippen molar-refractivity contribution in [1.29, 1.82) is 0 Å². The van der Waals surface area contributed by atoms with Gasteiger partial charge >= 0.3 is 0 Å². The maximum absolute atomic E-state index is 13.1. The summed E-state index contributed by atoms with van der Waals surface area (Å²) in [5.74, 6) is 1.51. The van der Waals surface area contributed by atoms with Gasteiger partial charge in [-0.1, -0.05) is 18.2 Å². The molecule has 1 aliphatic heterocycles. The Labute approximate surface area is 218 Å². The fourth-order valence-corrected chi connectivity index (χ4v) is 4.93. The van der Waals surface area contributed by atoms with Crippen molar-refractivity contribution in [3.8, 4) is 11.4 Å². The Morgan fingerprint density at radius 1 is 0.919 bits per heavy atom. The molecule has 1 amide bonds. The number of carbonyl (C=O) groups excluding carboxylic acids is 1. The Bertz CT molecular complexity index is 1390. The molecule has 190 valence electrons. The van der Waals surface area contributed by atoms with E-state index in [1.807, 2.05) is 48.4 Å². The predicted molar refractivity (Wildman–Crippen MR) is 147 cm³/mol. The Morgan fingerprint density at radius 3 is 2.35 bits per heavy atom. The molecule has 1 fully saturated rings. The molecule has 1 N–H and O–H groups in total. The Balaban J connectivity index is 1.23. The van der Waals surface area contributed by atoms with E-state index >= 15 is 0 Å². The third-order valence-corrected chi connectivity index (χ3v) is 6.83. The minimum absolute atomic E-state index is 0.0616. The van der Waals surface area contributed by atoms with E-state index in [0.29, 0.717) is 24.6 Å². The van der Waals surface area contributed by atoms with Crippen LogP contribution in [0.15, 0.2) is 67.0 Å². The monoisotopic (exact) mass is 495 g/mol. The van der Waals surface area contributed by atoms with Crippen LogP contribution in [0, 0.1) is 13.8 Å². The van der Waals surface area contributed by atoms with Crippen LogP contribution in [0.25, 0.3) is 11.4 Å². The summed E-state index contributed by atoms with van der Waals surface area (Å²) in [4.78, 5) is 31.0. The number of piperazine rings is 1. The number of benzene rings is 2. The highest BCUT2D eigenvalue weighted by atomic mass is 16.2. The minimum atomic E-state index is 0.0616. The van der Waals surface area contributed by atoms with Crippen molar-refractivity contribution < 1.29 is 4.79 Å². The molecule has 0 aliphatic carbocycles. The van der Waals surface area contributed by atoms with Crippen LogP contribution in [0.1, 0.15) is 41.6 Å². The van der Waals surface area contributed by atoms with Gasteiger partial charge in [-0.2, -0.15) is 0 Å². The lowest BCUT2D eigenvalue weighted by molar-refractivity contribution is 0.0747. The first-order valence-electron chi connectivity index (χ1n) is 12.7. The first-order valence-corrected chi connectivity index (χ1v) is 12.7. The molecule has 1 saturated heterocycles.